The summed E-state index contributed by atoms with van der Waals surface area (Å²) in [6, 6.07) is 0.539. The molecule has 1 fully saturated rings. The van der Waals surface area contributed by atoms with Gasteiger partial charge < -0.3 is 5.32 Å². The Bertz CT molecular complexity index is 273. The van der Waals surface area contributed by atoms with Gasteiger partial charge in [-0.1, -0.05) is 12.8 Å². The van der Waals surface area contributed by atoms with Crippen molar-refractivity contribution >= 4 is 11.3 Å². The molecule has 2 nitrogen and oxygen atoms in total. The molecule has 3 heteroatoms. The SMILES string of the molecule is CC(C)NC1(c2nccs2)CCCC1. The van der Waals surface area contributed by atoms with Crippen LogP contribution in [0.25, 0.3) is 0 Å². The third-order valence-electron chi connectivity index (χ3n) is 2.86. The second kappa shape index (κ2) is 3.99. The van der Waals surface area contributed by atoms with Crippen molar-refractivity contribution in [3.63, 3.8) is 0 Å². The Morgan fingerprint density at radius 3 is 2.64 bits per heavy atom. The van der Waals surface area contributed by atoms with Crippen LogP contribution in [0.4, 0.5) is 0 Å². The predicted octanol–water partition coefficient (Wildman–Crippen LogP) is 2.91. The van der Waals surface area contributed by atoms with E-state index in [0.717, 1.165) is 0 Å². The lowest BCUT2D eigenvalue weighted by atomic mass is 9.97. The summed E-state index contributed by atoms with van der Waals surface area (Å²) in [6.45, 7) is 4.43. The van der Waals surface area contributed by atoms with Gasteiger partial charge in [-0.15, -0.1) is 11.3 Å². The molecule has 0 radical (unpaired) electrons. The Morgan fingerprint density at radius 2 is 2.14 bits per heavy atom. The van der Waals surface area contributed by atoms with E-state index in [1.54, 1.807) is 11.3 Å². The lowest BCUT2D eigenvalue weighted by Crippen LogP contribution is -2.43. The van der Waals surface area contributed by atoms with Crippen LogP contribution >= 0.6 is 11.3 Å². The Hall–Kier alpha value is -0.410. The molecule has 0 atom stereocenters. The highest BCUT2D eigenvalue weighted by Gasteiger charge is 2.37. The maximum absolute atomic E-state index is 4.48. The number of aromatic nitrogens is 1. The molecule has 1 aromatic heterocycles. The molecule has 0 spiro atoms. The first-order valence-electron chi connectivity index (χ1n) is 5.41. The zero-order valence-electron chi connectivity index (χ0n) is 8.92. The molecule has 0 aromatic carbocycles. The topological polar surface area (TPSA) is 24.9 Å². The van der Waals surface area contributed by atoms with Gasteiger partial charge in [0, 0.05) is 17.6 Å². The van der Waals surface area contributed by atoms with Gasteiger partial charge in [-0.05, 0) is 26.7 Å². The molecule has 1 aliphatic rings. The van der Waals surface area contributed by atoms with Crippen molar-refractivity contribution in [1.29, 1.82) is 0 Å². The van der Waals surface area contributed by atoms with Crippen molar-refractivity contribution in [1.82, 2.24) is 10.3 Å². The van der Waals surface area contributed by atoms with Crippen LogP contribution in [0.2, 0.25) is 0 Å². The molecule has 78 valence electrons. The van der Waals surface area contributed by atoms with E-state index >= 15 is 0 Å². The maximum atomic E-state index is 4.48. The van der Waals surface area contributed by atoms with E-state index in [2.05, 4.69) is 29.5 Å². The fraction of sp³-hybridized carbons (Fsp3) is 0.727. The summed E-state index contributed by atoms with van der Waals surface area (Å²) < 4.78 is 0. The van der Waals surface area contributed by atoms with Crippen LogP contribution in [0, 0.1) is 0 Å². The summed E-state index contributed by atoms with van der Waals surface area (Å²) in [5.41, 5.74) is 0.197. The molecule has 0 saturated heterocycles. The smallest absolute Gasteiger partial charge is 0.113 e. The average molecular weight is 210 g/mol. The fourth-order valence-electron chi connectivity index (χ4n) is 2.41. The molecule has 0 unspecified atom stereocenters. The van der Waals surface area contributed by atoms with Crippen molar-refractivity contribution in [2.24, 2.45) is 0 Å². The van der Waals surface area contributed by atoms with Crippen LogP contribution in [-0.2, 0) is 5.54 Å². The molecule has 1 aliphatic carbocycles. The molecule has 2 rings (SSSR count). The zero-order valence-corrected chi connectivity index (χ0v) is 9.73. The lowest BCUT2D eigenvalue weighted by molar-refractivity contribution is 0.311. The highest BCUT2D eigenvalue weighted by molar-refractivity contribution is 7.09. The summed E-state index contributed by atoms with van der Waals surface area (Å²) in [7, 11) is 0. The summed E-state index contributed by atoms with van der Waals surface area (Å²) in [5.74, 6) is 0. The van der Waals surface area contributed by atoms with E-state index in [1.165, 1.54) is 30.7 Å². The minimum atomic E-state index is 0.197. The molecular formula is C11H18N2S. The van der Waals surface area contributed by atoms with Crippen LogP contribution in [-0.4, -0.2) is 11.0 Å². The van der Waals surface area contributed by atoms with Gasteiger partial charge in [-0.3, -0.25) is 0 Å². The van der Waals surface area contributed by atoms with Crippen molar-refractivity contribution in [2.45, 2.75) is 51.1 Å². The number of hydrogen-bond donors (Lipinski definition) is 1. The third-order valence-corrected chi connectivity index (χ3v) is 3.84. The van der Waals surface area contributed by atoms with E-state index in [4.69, 9.17) is 0 Å². The molecule has 0 aliphatic heterocycles. The molecule has 0 bridgehead atoms. The third kappa shape index (κ3) is 1.84. The van der Waals surface area contributed by atoms with E-state index < -0.39 is 0 Å². The van der Waals surface area contributed by atoms with E-state index in [1.807, 2.05) is 6.20 Å². The standard InChI is InChI=1S/C11H18N2S/c1-9(2)13-11(5-3-4-6-11)10-12-7-8-14-10/h7-9,13H,3-6H2,1-2H3. The van der Waals surface area contributed by atoms with Gasteiger partial charge in [0.25, 0.3) is 0 Å². The Balaban J connectivity index is 2.22. The van der Waals surface area contributed by atoms with Gasteiger partial charge in [-0.2, -0.15) is 0 Å². The normalized spacial score (nSPS) is 20.5. The zero-order chi connectivity index (χ0) is 10.0. The number of hydrogen-bond acceptors (Lipinski definition) is 3. The molecule has 1 aromatic rings. The van der Waals surface area contributed by atoms with Crippen molar-refractivity contribution in [3.8, 4) is 0 Å². The van der Waals surface area contributed by atoms with Crippen LogP contribution in [0.15, 0.2) is 11.6 Å². The summed E-state index contributed by atoms with van der Waals surface area (Å²) in [5, 5.41) is 7.07. The Labute approximate surface area is 89.8 Å². The van der Waals surface area contributed by atoms with E-state index in [0.29, 0.717) is 6.04 Å². The molecule has 1 heterocycles. The maximum Gasteiger partial charge on any atom is 0.113 e. The molecule has 14 heavy (non-hydrogen) atoms. The fourth-order valence-corrected chi connectivity index (χ4v) is 3.27. The van der Waals surface area contributed by atoms with E-state index in [-0.39, 0.29) is 5.54 Å². The van der Waals surface area contributed by atoms with Crippen LogP contribution in [0.1, 0.15) is 44.5 Å². The minimum absolute atomic E-state index is 0.197. The summed E-state index contributed by atoms with van der Waals surface area (Å²) in [6.07, 6.45) is 7.08. The van der Waals surface area contributed by atoms with Crippen molar-refractivity contribution in [3.05, 3.63) is 16.6 Å². The van der Waals surface area contributed by atoms with Gasteiger partial charge in [0.05, 0.1) is 5.54 Å². The first kappa shape index (κ1) is 10.1. The first-order valence-corrected chi connectivity index (χ1v) is 6.29. The lowest BCUT2D eigenvalue weighted by Gasteiger charge is -2.30. The predicted molar refractivity (Wildman–Crippen MR) is 60.5 cm³/mol. The van der Waals surface area contributed by atoms with E-state index in [9.17, 15) is 0 Å². The highest BCUT2D eigenvalue weighted by atomic mass is 32.1. The van der Waals surface area contributed by atoms with Crippen LogP contribution in [0.3, 0.4) is 0 Å². The quantitative estimate of drug-likeness (QED) is 0.829. The summed E-state index contributed by atoms with van der Waals surface area (Å²) in [4.78, 5) is 4.48. The highest BCUT2D eigenvalue weighted by Crippen LogP contribution is 2.39. The number of nitrogens with zero attached hydrogens (tertiary/aromatic N) is 1. The molecule has 1 N–H and O–H groups in total. The van der Waals surface area contributed by atoms with Crippen molar-refractivity contribution < 1.29 is 0 Å². The number of thiazole rings is 1. The Morgan fingerprint density at radius 1 is 1.43 bits per heavy atom. The summed E-state index contributed by atoms with van der Waals surface area (Å²) >= 11 is 1.79. The Kier molecular flexibility index (Phi) is 2.88. The van der Waals surface area contributed by atoms with Crippen molar-refractivity contribution in [2.75, 3.05) is 0 Å². The van der Waals surface area contributed by atoms with Gasteiger partial charge in [-0.25, -0.2) is 4.98 Å². The first-order chi connectivity index (χ1) is 6.73. The average Bonchev–Trinajstić information content (AvgIpc) is 2.69. The molecule has 1 saturated carbocycles. The van der Waals surface area contributed by atoms with Gasteiger partial charge in [0.2, 0.25) is 0 Å². The monoisotopic (exact) mass is 210 g/mol. The molecule has 0 amide bonds. The molecular weight excluding hydrogens is 192 g/mol. The van der Waals surface area contributed by atoms with Crippen LogP contribution < -0.4 is 5.32 Å². The largest absolute Gasteiger partial charge is 0.303 e. The second-order valence-electron chi connectivity index (χ2n) is 4.43. The number of nitrogens with one attached hydrogen (secondary N) is 1. The number of rotatable bonds is 3. The minimum Gasteiger partial charge on any atom is -0.303 e. The van der Waals surface area contributed by atoms with Gasteiger partial charge in [0.1, 0.15) is 5.01 Å². The van der Waals surface area contributed by atoms with Gasteiger partial charge >= 0.3 is 0 Å². The van der Waals surface area contributed by atoms with Gasteiger partial charge in [0.15, 0.2) is 0 Å². The second-order valence-corrected chi connectivity index (χ2v) is 5.32. The van der Waals surface area contributed by atoms with Crippen LogP contribution in [0.5, 0.6) is 0 Å².